The quantitative estimate of drug-likeness (QED) is 0.799. The Morgan fingerprint density at radius 2 is 1.82 bits per heavy atom. The molecule has 1 aliphatic rings. The highest BCUT2D eigenvalue weighted by molar-refractivity contribution is 5.85. The van der Waals surface area contributed by atoms with Crippen LogP contribution in [0.2, 0.25) is 0 Å². The molecule has 1 rings (SSSR count). The van der Waals surface area contributed by atoms with Gasteiger partial charge in [-0.3, -0.25) is 9.59 Å². The fraction of sp³-hybridized carbons (Fsp3) is 0.800. The summed E-state index contributed by atoms with van der Waals surface area (Å²) in [4.78, 5) is 22.3. The zero-order valence-corrected chi connectivity index (χ0v) is 9.09. The number of carbonyl (C=O) groups is 2. The minimum absolute atomic E-state index is 0.409. The number of aliphatic carboxylic acids is 1. The summed E-state index contributed by atoms with van der Waals surface area (Å²) in [6.07, 6.45) is -3.95. The van der Waals surface area contributed by atoms with Crippen molar-refractivity contribution in [3.05, 3.63) is 0 Å². The third-order valence-corrected chi connectivity index (χ3v) is 2.88. The van der Waals surface area contributed by atoms with Crippen molar-refractivity contribution < 1.29 is 27.9 Å². The highest BCUT2D eigenvalue weighted by atomic mass is 19.4. The number of halogens is 3. The number of hydrogen-bond donors (Lipinski definition) is 2. The Labute approximate surface area is 96.2 Å². The summed E-state index contributed by atoms with van der Waals surface area (Å²) in [5.74, 6) is -3.10. The fourth-order valence-electron chi connectivity index (χ4n) is 2.03. The lowest BCUT2D eigenvalue weighted by Crippen LogP contribution is -2.36. The molecule has 0 aliphatic heterocycles. The summed E-state index contributed by atoms with van der Waals surface area (Å²) in [6.45, 7) is -0.495. The fourth-order valence-corrected chi connectivity index (χ4v) is 2.03. The van der Waals surface area contributed by atoms with Crippen LogP contribution in [-0.4, -0.2) is 29.7 Å². The zero-order chi connectivity index (χ0) is 13.1. The first-order valence-electron chi connectivity index (χ1n) is 5.38. The summed E-state index contributed by atoms with van der Waals surface area (Å²) in [7, 11) is 0. The van der Waals surface area contributed by atoms with Gasteiger partial charge in [0.25, 0.3) is 0 Å². The first kappa shape index (κ1) is 13.8. The lowest BCUT2D eigenvalue weighted by atomic mass is 9.95. The Bertz CT molecular complexity index is 304. The monoisotopic (exact) mass is 253 g/mol. The number of nitrogens with one attached hydrogen (secondary N) is 1. The Hall–Kier alpha value is -1.27. The molecule has 1 amide bonds. The molecule has 0 aromatic rings. The Morgan fingerprint density at radius 3 is 2.35 bits per heavy atom. The van der Waals surface area contributed by atoms with Gasteiger partial charge in [-0.15, -0.1) is 0 Å². The average molecular weight is 253 g/mol. The van der Waals surface area contributed by atoms with Crippen molar-refractivity contribution in [2.45, 2.75) is 31.9 Å². The zero-order valence-electron chi connectivity index (χ0n) is 9.09. The summed E-state index contributed by atoms with van der Waals surface area (Å²) in [6, 6.07) is 0. The van der Waals surface area contributed by atoms with Crippen LogP contribution in [0.25, 0.3) is 0 Å². The number of hydrogen-bond acceptors (Lipinski definition) is 2. The number of carboxylic acids is 1. The molecule has 0 saturated heterocycles. The summed E-state index contributed by atoms with van der Waals surface area (Å²) < 4.78 is 35.5. The molecule has 7 heteroatoms. The first-order chi connectivity index (χ1) is 7.81. The van der Waals surface area contributed by atoms with Gasteiger partial charge in [-0.05, 0) is 12.8 Å². The normalized spacial score (nSPS) is 24.6. The molecule has 0 aromatic carbocycles. The van der Waals surface area contributed by atoms with Gasteiger partial charge >= 0.3 is 12.1 Å². The molecule has 17 heavy (non-hydrogen) atoms. The van der Waals surface area contributed by atoms with Crippen LogP contribution in [0.5, 0.6) is 0 Å². The Kier molecular flexibility index (Phi) is 4.36. The van der Waals surface area contributed by atoms with Crippen LogP contribution < -0.4 is 5.32 Å². The second kappa shape index (κ2) is 5.37. The maximum Gasteiger partial charge on any atom is 0.390 e. The largest absolute Gasteiger partial charge is 0.481 e. The third-order valence-electron chi connectivity index (χ3n) is 2.88. The van der Waals surface area contributed by atoms with E-state index < -0.39 is 42.9 Å². The van der Waals surface area contributed by atoms with E-state index in [1.165, 1.54) is 0 Å². The number of amides is 1. The first-order valence-corrected chi connectivity index (χ1v) is 5.38. The van der Waals surface area contributed by atoms with Crippen LogP contribution in [0.4, 0.5) is 13.2 Å². The van der Waals surface area contributed by atoms with Gasteiger partial charge in [0.15, 0.2) is 0 Å². The summed E-state index contributed by atoms with van der Waals surface area (Å²) >= 11 is 0. The second-order valence-electron chi connectivity index (χ2n) is 4.14. The van der Waals surface area contributed by atoms with Gasteiger partial charge in [-0.2, -0.15) is 13.2 Å². The van der Waals surface area contributed by atoms with E-state index in [-0.39, 0.29) is 0 Å². The van der Waals surface area contributed by atoms with Crippen LogP contribution >= 0.6 is 0 Å². The smallest absolute Gasteiger partial charge is 0.390 e. The van der Waals surface area contributed by atoms with Crippen molar-refractivity contribution in [3.63, 3.8) is 0 Å². The van der Waals surface area contributed by atoms with E-state index in [0.29, 0.717) is 19.3 Å². The standard InChI is InChI=1S/C10H14F3NO3/c11-10(12,13)4-5-14-8(15)6-2-1-3-7(6)9(16)17/h6-7H,1-5H2,(H,14,15)(H,16,17)/t6-,7+/m1/s1. The van der Waals surface area contributed by atoms with Gasteiger partial charge < -0.3 is 10.4 Å². The number of carboxylic acid groups (broad SMARTS) is 1. The van der Waals surface area contributed by atoms with Crippen LogP contribution in [0.1, 0.15) is 25.7 Å². The Balaban J connectivity index is 2.40. The van der Waals surface area contributed by atoms with Crippen LogP contribution in [-0.2, 0) is 9.59 Å². The molecule has 0 bridgehead atoms. The molecule has 1 fully saturated rings. The van der Waals surface area contributed by atoms with E-state index in [1.54, 1.807) is 0 Å². The van der Waals surface area contributed by atoms with Crippen molar-refractivity contribution in [3.8, 4) is 0 Å². The molecule has 98 valence electrons. The molecular formula is C10H14F3NO3. The predicted molar refractivity (Wildman–Crippen MR) is 52.1 cm³/mol. The van der Waals surface area contributed by atoms with Crippen LogP contribution in [0, 0.1) is 11.8 Å². The van der Waals surface area contributed by atoms with E-state index in [1.807, 2.05) is 0 Å². The van der Waals surface area contributed by atoms with Crippen molar-refractivity contribution in [2.24, 2.45) is 11.8 Å². The summed E-state index contributed by atoms with van der Waals surface area (Å²) in [5, 5.41) is 11.0. The highest BCUT2D eigenvalue weighted by Gasteiger charge is 2.37. The maximum absolute atomic E-state index is 11.8. The SMILES string of the molecule is O=C(O)[C@H]1CCC[C@H]1C(=O)NCCC(F)(F)F. The van der Waals surface area contributed by atoms with Gasteiger partial charge in [0, 0.05) is 6.54 Å². The lowest BCUT2D eigenvalue weighted by Gasteiger charge is -2.15. The molecule has 0 radical (unpaired) electrons. The number of alkyl halides is 3. The molecule has 1 aliphatic carbocycles. The van der Waals surface area contributed by atoms with Gasteiger partial charge in [0.05, 0.1) is 18.3 Å². The van der Waals surface area contributed by atoms with E-state index in [9.17, 15) is 22.8 Å². The third kappa shape index (κ3) is 4.24. The number of rotatable bonds is 4. The molecule has 0 spiro atoms. The summed E-state index contributed by atoms with van der Waals surface area (Å²) in [5.41, 5.74) is 0. The molecule has 0 unspecified atom stereocenters. The second-order valence-corrected chi connectivity index (χ2v) is 4.14. The molecule has 1 saturated carbocycles. The maximum atomic E-state index is 11.8. The molecule has 0 heterocycles. The van der Waals surface area contributed by atoms with Gasteiger partial charge in [0.1, 0.15) is 0 Å². The van der Waals surface area contributed by atoms with E-state index >= 15 is 0 Å². The van der Waals surface area contributed by atoms with Crippen molar-refractivity contribution in [1.29, 1.82) is 0 Å². The van der Waals surface area contributed by atoms with Crippen LogP contribution in [0.3, 0.4) is 0 Å². The molecule has 4 nitrogen and oxygen atoms in total. The van der Waals surface area contributed by atoms with Crippen molar-refractivity contribution in [2.75, 3.05) is 6.54 Å². The van der Waals surface area contributed by atoms with E-state index in [4.69, 9.17) is 5.11 Å². The minimum atomic E-state index is -4.31. The minimum Gasteiger partial charge on any atom is -0.481 e. The van der Waals surface area contributed by atoms with Gasteiger partial charge in [-0.1, -0.05) is 6.42 Å². The van der Waals surface area contributed by atoms with Gasteiger partial charge in [-0.25, -0.2) is 0 Å². The lowest BCUT2D eigenvalue weighted by molar-refractivity contribution is -0.147. The topological polar surface area (TPSA) is 66.4 Å². The van der Waals surface area contributed by atoms with Crippen LogP contribution in [0.15, 0.2) is 0 Å². The van der Waals surface area contributed by atoms with Crippen molar-refractivity contribution in [1.82, 2.24) is 5.32 Å². The molecule has 2 N–H and O–H groups in total. The molecule has 0 aromatic heterocycles. The van der Waals surface area contributed by atoms with Gasteiger partial charge in [0.2, 0.25) is 5.91 Å². The van der Waals surface area contributed by atoms with E-state index in [2.05, 4.69) is 5.32 Å². The molecular weight excluding hydrogens is 239 g/mol. The Morgan fingerprint density at radius 1 is 1.24 bits per heavy atom. The molecule has 2 atom stereocenters. The highest BCUT2D eigenvalue weighted by Crippen LogP contribution is 2.32. The average Bonchev–Trinajstić information content (AvgIpc) is 2.63. The van der Waals surface area contributed by atoms with Crippen molar-refractivity contribution >= 4 is 11.9 Å². The predicted octanol–water partition coefficient (Wildman–Crippen LogP) is 1.56. The number of carbonyl (C=O) groups excluding carboxylic acids is 1. The van der Waals surface area contributed by atoms with E-state index in [0.717, 1.165) is 0 Å².